The lowest BCUT2D eigenvalue weighted by molar-refractivity contribution is -0.122. The molecular formula is C37H54N8O4Si. The molecule has 50 heavy (non-hydrogen) atoms. The molecule has 12 nitrogen and oxygen atoms in total. The van der Waals surface area contributed by atoms with Crippen LogP contribution in [0, 0.1) is 0 Å². The van der Waals surface area contributed by atoms with E-state index in [1.165, 1.54) is 0 Å². The zero-order valence-electron chi connectivity index (χ0n) is 30.6. The summed E-state index contributed by atoms with van der Waals surface area (Å²) in [5.41, 5.74) is 3.24. The van der Waals surface area contributed by atoms with Gasteiger partial charge in [0.05, 0.1) is 18.8 Å². The standard InChI is InChI=1S/C37H54N8O4Si/c1-36(2,3)49-35(47)44-21-19-43(20-22-44)25-33(46)38-16-14-30-11-8-18-45(30)32-13-12-28(24-40-32)31-15-17-39-34(42-31)41-29-10-7-9-27(23-29)26-48-50-37(4,5)6/h7,9-10,12-13,15,17,23-24,30H,8,11,14,16,18-22,25-26,50H2,1-6H3,(H,38,46)(H,39,41,42). The van der Waals surface area contributed by atoms with Gasteiger partial charge in [0.2, 0.25) is 11.9 Å². The van der Waals surface area contributed by atoms with Gasteiger partial charge in [-0.05, 0) is 81.0 Å². The van der Waals surface area contributed by atoms with Gasteiger partial charge in [-0.3, -0.25) is 9.69 Å². The third-order valence-electron chi connectivity index (χ3n) is 8.55. The second kappa shape index (κ2) is 16.8. The normalized spacial score (nSPS) is 17.4. The Hall–Kier alpha value is -4.07. The third kappa shape index (κ3) is 11.5. The molecule has 4 heterocycles. The van der Waals surface area contributed by atoms with Gasteiger partial charge < -0.3 is 29.6 Å². The van der Waals surface area contributed by atoms with Crippen LogP contribution in [0.5, 0.6) is 0 Å². The summed E-state index contributed by atoms with van der Waals surface area (Å²) in [5.74, 6) is 1.48. The van der Waals surface area contributed by atoms with E-state index in [0.717, 1.165) is 54.1 Å². The number of benzene rings is 1. The second-order valence-electron chi connectivity index (χ2n) is 15.4. The largest absolute Gasteiger partial charge is 0.444 e. The Morgan fingerprint density at radius 3 is 2.50 bits per heavy atom. The lowest BCUT2D eigenvalue weighted by Gasteiger charge is -2.35. The summed E-state index contributed by atoms with van der Waals surface area (Å²) in [4.78, 5) is 45.2. The van der Waals surface area contributed by atoms with Crippen molar-refractivity contribution in [1.82, 2.24) is 30.1 Å². The van der Waals surface area contributed by atoms with E-state index in [1.807, 2.05) is 45.2 Å². The Morgan fingerprint density at radius 1 is 0.980 bits per heavy atom. The first-order valence-corrected chi connectivity index (χ1v) is 19.1. The van der Waals surface area contributed by atoms with Crippen LogP contribution in [0.25, 0.3) is 11.3 Å². The van der Waals surface area contributed by atoms with Gasteiger partial charge in [-0.25, -0.2) is 19.7 Å². The SMILES string of the molecule is CC(C)(C)OC(=O)N1CCN(CC(=O)NCCC2CCCN2c2ccc(-c3ccnc(Nc4cccc(CO[SiH2]C(C)(C)C)c4)n3)cn2)CC1. The van der Waals surface area contributed by atoms with E-state index in [1.54, 1.807) is 11.1 Å². The minimum atomic E-state index is -0.610. The summed E-state index contributed by atoms with van der Waals surface area (Å²) >= 11 is 0. The molecule has 0 saturated carbocycles. The summed E-state index contributed by atoms with van der Waals surface area (Å²) in [6, 6.07) is 14.5. The van der Waals surface area contributed by atoms with Gasteiger partial charge in [-0.1, -0.05) is 32.9 Å². The van der Waals surface area contributed by atoms with Crippen molar-refractivity contribution in [2.24, 2.45) is 0 Å². The highest BCUT2D eigenvalue weighted by atomic mass is 28.2. The third-order valence-corrected chi connectivity index (χ3v) is 9.82. The summed E-state index contributed by atoms with van der Waals surface area (Å²) in [6.45, 7) is 17.2. The van der Waals surface area contributed by atoms with E-state index in [-0.39, 0.29) is 17.0 Å². The number of nitrogens with zero attached hydrogens (tertiary/aromatic N) is 6. The molecule has 0 radical (unpaired) electrons. The highest BCUT2D eigenvalue weighted by Crippen LogP contribution is 2.28. The van der Waals surface area contributed by atoms with Crippen molar-refractivity contribution < 1.29 is 18.8 Å². The number of rotatable bonds is 12. The molecule has 5 rings (SSSR count). The molecule has 2 saturated heterocycles. The Kier molecular flexibility index (Phi) is 12.5. The zero-order valence-corrected chi connectivity index (χ0v) is 32.0. The summed E-state index contributed by atoms with van der Waals surface area (Å²) in [7, 11) is -0.610. The summed E-state index contributed by atoms with van der Waals surface area (Å²) < 4.78 is 11.5. The van der Waals surface area contributed by atoms with Crippen molar-refractivity contribution in [3.63, 3.8) is 0 Å². The van der Waals surface area contributed by atoms with Gasteiger partial charge in [-0.2, -0.15) is 0 Å². The molecule has 0 aliphatic carbocycles. The van der Waals surface area contributed by atoms with E-state index >= 15 is 0 Å². The molecule has 0 spiro atoms. The second-order valence-corrected chi connectivity index (χ2v) is 18.2. The number of piperazine rings is 1. The molecule has 1 unspecified atom stereocenters. The first-order chi connectivity index (χ1) is 23.8. The molecule has 2 amide bonds. The van der Waals surface area contributed by atoms with Crippen LogP contribution in [0.3, 0.4) is 0 Å². The molecule has 3 aromatic rings. The van der Waals surface area contributed by atoms with Crippen molar-refractivity contribution in [3.8, 4) is 11.3 Å². The van der Waals surface area contributed by atoms with Crippen molar-refractivity contribution >= 4 is 39.2 Å². The molecular weight excluding hydrogens is 649 g/mol. The molecule has 2 aromatic heterocycles. The number of ether oxygens (including phenoxy) is 1. The van der Waals surface area contributed by atoms with E-state index in [9.17, 15) is 9.59 Å². The fourth-order valence-electron chi connectivity index (χ4n) is 6.12. The van der Waals surface area contributed by atoms with Crippen molar-refractivity contribution in [2.45, 2.75) is 84.1 Å². The fourth-order valence-corrected chi connectivity index (χ4v) is 7.07. The smallest absolute Gasteiger partial charge is 0.410 e. The van der Waals surface area contributed by atoms with Crippen LogP contribution >= 0.6 is 0 Å². The summed E-state index contributed by atoms with van der Waals surface area (Å²) in [5, 5.41) is 6.71. The maximum atomic E-state index is 12.7. The number of carbonyl (C=O) groups is 2. The van der Waals surface area contributed by atoms with Gasteiger partial charge in [0.1, 0.15) is 11.4 Å². The van der Waals surface area contributed by atoms with Crippen molar-refractivity contribution in [3.05, 3.63) is 60.4 Å². The zero-order chi connectivity index (χ0) is 35.7. The molecule has 2 aliphatic heterocycles. The van der Waals surface area contributed by atoms with E-state index in [0.29, 0.717) is 57.9 Å². The number of pyridine rings is 1. The van der Waals surface area contributed by atoms with Crippen LogP contribution < -0.4 is 15.5 Å². The lowest BCUT2D eigenvalue weighted by Crippen LogP contribution is -2.52. The number of carbonyl (C=O) groups excluding carboxylic acids is 2. The van der Waals surface area contributed by atoms with Gasteiger partial charge in [0.25, 0.3) is 0 Å². The maximum Gasteiger partial charge on any atom is 0.410 e. The van der Waals surface area contributed by atoms with Crippen LogP contribution in [0.4, 0.5) is 22.2 Å². The molecule has 0 bridgehead atoms. The van der Waals surface area contributed by atoms with Crippen LogP contribution in [-0.4, -0.2) is 104 Å². The minimum Gasteiger partial charge on any atom is -0.444 e. The van der Waals surface area contributed by atoms with Gasteiger partial charge in [0, 0.05) is 69.0 Å². The predicted molar refractivity (Wildman–Crippen MR) is 200 cm³/mol. The molecule has 13 heteroatoms. The van der Waals surface area contributed by atoms with Crippen LogP contribution in [0.1, 0.15) is 66.4 Å². The topological polar surface area (TPSA) is 125 Å². The van der Waals surface area contributed by atoms with Crippen LogP contribution in [0.2, 0.25) is 5.04 Å². The Labute approximate surface area is 299 Å². The number of anilines is 3. The number of hydrogen-bond donors (Lipinski definition) is 2. The van der Waals surface area contributed by atoms with Gasteiger partial charge in [0.15, 0.2) is 9.76 Å². The van der Waals surface area contributed by atoms with Crippen molar-refractivity contribution in [1.29, 1.82) is 0 Å². The van der Waals surface area contributed by atoms with Crippen LogP contribution in [0.15, 0.2) is 54.9 Å². The predicted octanol–water partition coefficient (Wildman–Crippen LogP) is 5.13. The van der Waals surface area contributed by atoms with E-state index in [4.69, 9.17) is 19.1 Å². The molecule has 1 atom stereocenters. The molecule has 270 valence electrons. The Bertz CT molecular complexity index is 1570. The van der Waals surface area contributed by atoms with Gasteiger partial charge in [-0.15, -0.1) is 0 Å². The van der Waals surface area contributed by atoms with Gasteiger partial charge >= 0.3 is 6.09 Å². The molecule has 1 aromatic carbocycles. The molecule has 2 fully saturated rings. The average molecular weight is 703 g/mol. The average Bonchev–Trinajstić information content (AvgIpc) is 3.53. The highest BCUT2D eigenvalue weighted by Gasteiger charge is 2.28. The molecule has 2 aliphatic rings. The summed E-state index contributed by atoms with van der Waals surface area (Å²) in [6.07, 6.45) is 6.36. The first-order valence-electron chi connectivity index (χ1n) is 17.8. The maximum absolute atomic E-state index is 12.7. The number of amides is 2. The van der Waals surface area contributed by atoms with E-state index in [2.05, 4.69) is 70.5 Å². The number of nitrogens with one attached hydrogen (secondary N) is 2. The van der Waals surface area contributed by atoms with Crippen molar-refractivity contribution in [2.75, 3.05) is 56.0 Å². The Balaban J connectivity index is 1.07. The molecule has 2 N–H and O–H groups in total. The van der Waals surface area contributed by atoms with E-state index < -0.39 is 15.4 Å². The number of aromatic nitrogens is 3. The monoisotopic (exact) mass is 702 g/mol. The lowest BCUT2D eigenvalue weighted by atomic mass is 10.1. The quantitative estimate of drug-likeness (QED) is 0.246. The number of hydrogen-bond acceptors (Lipinski definition) is 10. The Morgan fingerprint density at radius 2 is 1.78 bits per heavy atom. The fraction of sp³-hybridized carbons (Fsp3) is 0.541. The minimum absolute atomic E-state index is 0.0146. The van der Waals surface area contributed by atoms with Crippen LogP contribution in [-0.2, 0) is 20.6 Å². The highest BCUT2D eigenvalue weighted by molar-refractivity contribution is 6.31. The first kappa shape index (κ1) is 37.2.